The minimum Gasteiger partial charge on any atom is -0.457 e. The third kappa shape index (κ3) is 10.3. The summed E-state index contributed by atoms with van der Waals surface area (Å²) in [5, 5.41) is 11.9. The highest BCUT2D eigenvalue weighted by molar-refractivity contribution is 7.09. The summed E-state index contributed by atoms with van der Waals surface area (Å²) in [4.78, 5) is 33.6. The van der Waals surface area contributed by atoms with Gasteiger partial charge in [-0.15, -0.1) is 16.4 Å². The van der Waals surface area contributed by atoms with Gasteiger partial charge in [-0.05, 0) is 74.1 Å². The molecule has 49 heavy (non-hydrogen) atoms. The minimum absolute atomic E-state index is 0.00880. The second kappa shape index (κ2) is 18.0. The van der Waals surface area contributed by atoms with E-state index in [1.807, 2.05) is 57.0 Å². The van der Waals surface area contributed by atoms with Crippen molar-refractivity contribution in [1.82, 2.24) is 20.0 Å². The van der Waals surface area contributed by atoms with Crippen LogP contribution in [0.25, 0.3) is 6.08 Å². The summed E-state index contributed by atoms with van der Waals surface area (Å²) in [6, 6.07) is 5.77. The average molecular weight is 733 g/mol. The first-order valence-electron chi connectivity index (χ1n) is 18.7. The Bertz CT molecular complexity index is 1380. The van der Waals surface area contributed by atoms with Crippen molar-refractivity contribution in [2.45, 2.75) is 163 Å². The van der Waals surface area contributed by atoms with Crippen molar-refractivity contribution in [2.75, 3.05) is 0 Å². The van der Waals surface area contributed by atoms with Gasteiger partial charge in [-0.25, -0.2) is 4.98 Å². The molecule has 3 heterocycles. The Hall–Kier alpha value is -2.00. The van der Waals surface area contributed by atoms with Gasteiger partial charge in [0, 0.05) is 35.9 Å². The molecule has 0 aliphatic carbocycles. The fourth-order valence-electron chi connectivity index (χ4n) is 7.30. The molecular formula is C37H64N4O5SSi2. The molecule has 12 heteroatoms. The van der Waals surface area contributed by atoms with Crippen LogP contribution in [0.4, 0.5) is 0 Å². The van der Waals surface area contributed by atoms with E-state index in [1.165, 1.54) is 0 Å². The molecule has 0 fully saturated rings. The standard InChI is InChI=1S/C37H64N4O5SSi2/c1-13-48(14-2,15-3)45-33-23-34(42)44-32(27(8)21-31-25-47-29(10)38-31)22-30-24-41(40-39-30)20-19-26(7)35(28(9)36(43)37(33,11)12)46-49(16-4,17-5)18-6/h21,24-26,28,32-33,35H,13-20,22-23H2,1-12H3/b27-21+/t26-,28+,32-,33-,35-/m0/s1. The zero-order valence-corrected chi connectivity index (χ0v) is 35.2. The van der Waals surface area contributed by atoms with Crippen LogP contribution in [-0.4, -0.2) is 66.7 Å². The highest BCUT2D eigenvalue weighted by atomic mass is 32.1. The van der Waals surface area contributed by atoms with Crippen LogP contribution in [0.1, 0.15) is 105 Å². The van der Waals surface area contributed by atoms with Gasteiger partial charge in [-0.2, -0.15) is 0 Å². The molecule has 0 saturated carbocycles. The van der Waals surface area contributed by atoms with Crippen LogP contribution in [-0.2, 0) is 36.1 Å². The largest absolute Gasteiger partial charge is 0.457 e. The molecule has 0 saturated heterocycles. The quantitative estimate of drug-likeness (QED) is 0.157. The number of nitrogens with zero attached hydrogens (tertiary/aromatic N) is 4. The highest BCUT2D eigenvalue weighted by Crippen LogP contribution is 2.39. The van der Waals surface area contributed by atoms with Crippen molar-refractivity contribution >= 4 is 45.8 Å². The Balaban J connectivity index is 2.14. The number of ether oxygens (including phenoxy) is 1. The lowest BCUT2D eigenvalue weighted by molar-refractivity contribution is -0.153. The zero-order chi connectivity index (χ0) is 36.6. The van der Waals surface area contributed by atoms with Gasteiger partial charge in [0.05, 0.1) is 35.0 Å². The molecule has 2 aromatic heterocycles. The number of aromatic nitrogens is 4. The number of rotatable bonds is 12. The molecule has 0 unspecified atom stereocenters. The van der Waals surface area contributed by atoms with Crippen molar-refractivity contribution in [3.05, 3.63) is 33.5 Å². The van der Waals surface area contributed by atoms with E-state index < -0.39 is 34.3 Å². The van der Waals surface area contributed by atoms with E-state index in [2.05, 4.69) is 63.8 Å². The molecular weight excluding hydrogens is 669 g/mol. The predicted molar refractivity (Wildman–Crippen MR) is 205 cm³/mol. The van der Waals surface area contributed by atoms with E-state index in [0.717, 1.165) is 64.7 Å². The molecule has 0 N–H and O–H groups in total. The van der Waals surface area contributed by atoms with Crippen LogP contribution < -0.4 is 0 Å². The van der Waals surface area contributed by atoms with Crippen LogP contribution in [0.2, 0.25) is 36.3 Å². The van der Waals surface area contributed by atoms with E-state index in [0.29, 0.717) is 13.0 Å². The number of hydrogen-bond acceptors (Lipinski definition) is 9. The second-order valence-corrected chi connectivity index (χ2v) is 25.4. The molecule has 9 nitrogen and oxygen atoms in total. The summed E-state index contributed by atoms with van der Waals surface area (Å²) in [6.07, 6.45) is 3.66. The molecule has 0 radical (unpaired) electrons. The average Bonchev–Trinajstić information content (AvgIpc) is 3.72. The third-order valence-corrected chi connectivity index (χ3v) is 21.6. The second-order valence-electron chi connectivity index (χ2n) is 14.9. The normalized spacial score (nSPS) is 25.0. The molecule has 2 bridgehead atoms. The van der Waals surface area contributed by atoms with E-state index in [-0.39, 0.29) is 36.1 Å². The van der Waals surface area contributed by atoms with E-state index in [9.17, 15) is 9.59 Å². The molecule has 3 rings (SSSR count). The topological polar surface area (TPSA) is 105 Å². The lowest BCUT2D eigenvalue weighted by Crippen LogP contribution is -2.53. The summed E-state index contributed by atoms with van der Waals surface area (Å²) in [5.74, 6) is -0.581. The Kier molecular flexibility index (Phi) is 15.2. The lowest BCUT2D eigenvalue weighted by atomic mass is 9.73. The maximum absolute atomic E-state index is 14.9. The van der Waals surface area contributed by atoms with Gasteiger partial charge < -0.3 is 13.6 Å². The Labute approximate surface area is 302 Å². The molecule has 1 aliphatic heterocycles. The first-order valence-corrected chi connectivity index (χ1v) is 24.6. The molecule has 0 aromatic carbocycles. The third-order valence-electron chi connectivity index (χ3n) is 11.5. The number of carbonyl (C=O) groups excluding carboxylic acids is 2. The highest BCUT2D eigenvalue weighted by Gasteiger charge is 2.48. The van der Waals surface area contributed by atoms with E-state index in [1.54, 1.807) is 11.3 Å². The smallest absolute Gasteiger partial charge is 0.309 e. The van der Waals surface area contributed by atoms with Crippen LogP contribution >= 0.6 is 11.3 Å². The van der Waals surface area contributed by atoms with Gasteiger partial charge in [-0.3, -0.25) is 14.3 Å². The summed E-state index contributed by atoms with van der Waals surface area (Å²) in [5.41, 5.74) is 1.52. The monoisotopic (exact) mass is 732 g/mol. The summed E-state index contributed by atoms with van der Waals surface area (Å²) in [7, 11) is -4.29. The van der Waals surface area contributed by atoms with E-state index >= 15 is 0 Å². The summed E-state index contributed by atoms with van der Waals surface area (Å²) < 4.78 is 22.5. The van der Waals surface area contributed by atoms with Gasteiger partial charge >= 0.3 is 5.97 Å². The molecule has 276 valence electrons. The van der Waals surface area contributed by atoms with Crippen LogP contribution in [0.3, 0.4) is 0 Å². The summed E-state index contributed by atoms with van der Waals surface area (Å²) in [6.45, 7) is 26.0. The van der Waals surface area contributed by atoms with E-state index in [4.69, 9.17) is 13.6 Å². The van der Waals surface area contributed by atoms with Crippen LogP contribution in [0, 0.1) is 24.2 Å². The van der Waals surface area contributed by atoms with Gasteiger partial charge in [0.2, 0.25) is 0 Å². The Morgan fingerprint density at radius 1 is 1.00 bits per heavy atom. The molecule has 0 amide bonds. The number of ketones is 1. The molecule has 2 aromatic rings. The van der Waals surface area contributed by atoms with Crippen molar-refractivity contribution in [3.8, 4) is 0 Å². The molecule has 5 atom stereocenters. The van der Waals surface area contributed by atoms with Crippen molar-refractivity contribution in [3.63, 3.8) is 0 Å². The van der Waals surface area contributed by atoms with Gasteiger partial charge in [0.25, 0.3) is 0 Å². The Morgan fingerprint density at radius 2 is 1.59 bits per heavy atom. The fourth-order valence-corrected chi connectivity index (χ4v) is 13.9. The van der Waals surface area contributed by atoms with Crippen molar-refractivity contribution < 1.29 is 23.2 Å². The molecule has 1 aliphatic rings. The van der Waals surface area contributed by atoms with Gasteiger partial charge in [-0.1, -0.05) is 74.5 Å². The first-order chi connectivity index (χ1) is 23.1. The predicted octanol–water partition coefficient (Wildman–Crippen LogP) is 9.04. The molecule has 0 spiro atoms. The maximum Gasteiger partial charge on any atom is 0.309 e. The number of Topliss-reactive ketones (excluding diaryl/α,β-unsaturated/α-hetero) is 1. The fraction of sp³-hybridized carbons (Fsp3) is 0.757. The minimum atomic E-state index is -2.23. The number of cyclic esters (lactones) is 1. The lowest BCUT2D eigenvalue weighted by Gasteiger charge is -2.44. The number of fused-ring (bicyclic) bond motifs is 2. The number of carbonyl (C=O) groups is 2. The van der Waals surface area contributed by atoms with Crippen LogP contribution in [0.15, 0.2) is 17.2 Å². The summed E-state index contributed by atoms with van der Waals surface area (Å²) >= 11 is 1.58. The number of esters is 1. The number of aryl methyl sites for hydroxylation is 2. The number of hydrogen-bond donors (Lipinski definition) is 0. The maximum atomic E-state index is 14.9. The Morgan fingerprint density at radius 3 is 2.14 bits per heavy atom. The van der Waals surface area contributed by atoms with Crippen molar-refractivity contribution in [1.29, 1.82) is 0 Å². The first kappa shape index (κ1) is 41.4. The SMILES string of the molecule is CC[Si](CC)(CC)O[C@H]1[C@@H](C)CCn2cc(nn2)C[C@@H](/C(C)=C/c2csc(C)n2)OC(=O)C[C@H](O[Si](CC)(CC)CC)C(C)(C)C(=O)[C@@H]1C. The zero-order valence-electron chi connectivity index (χ0n) is 32.4. The number of thiazole rings is 1. The van der Waals surface area contributed by atoms with Gasteiger partial charge in [0.15, 0.2) is 16.6 Å². The van der Waals surface area contributed by atoms with Gasteiger partial charge in [0.1, 0.15) is 11.9 Å². The van der Waals surface area contributed by atoms with Crippen LogP contribution in [0.5, 0.6) is 0 Å². The van der Waals surface area contributed by atoms with Crippen molar-refractivity contribution in [2.24, 2.45) is 17.3 Å².